The molecule has 3 heterocycles. The van der Waals surface area contributed by atoms with Crippen LogP contribution < -0.4 is 16.0 Å². The maximum Gasteiger partial charge on any atom is 0.249 e. The summed E-state index contributed by atoms with van der Waals surface area (Å²) in [5, 5.41) is 17.3. The van der Waals surface area contributed by atoms with Gasteiger partial charge in [0, 0.05) is 25.9 Å². The van der Waals surface area contributed by atoms with Crippen LogP contribution in [0.3, 0.4) is 0 Å². The zero-order valence-electron chi connectivity index (χ0n) is 14.2. The van der Waals surface area contributed by atoms with Crippen molar-refractivity contribution in [2.45, 2.75) is 25.9 Å². The summed E-state index contributed by atoms with van der Waals surface area (Å²) in [5.74, 6) is 1.95. The summed E-state index contributed by atoms with van der Waals surface area (Å²) in [6, 6.07) is 7.52. The van der Waals surface area contributed by atoms with Gasteiger partial charge in [-0.15, -0.1) is 10.2 Å². The maximum absolute atomic E-state index is 11.8. The Bertz CT molecular complexity index is 701. The summed E-state index contributed by atoms with van der Waals surface area (Å²) in [4.78, 5) is 16.0. The Morgan fingerprint density at radius 2 is 2.04 bits per heavy atom. The Labute approximate surface area is 146 Å². The summed E-state index contributed by atoms with van der Waals surface area (Å²) >= 11 is 0. The fraction of sp³-hybridized carbons (Fsp3) is 0.412. The van der Waals surface area contributed by atoms with Crippen molar-refractivity contribution in [3.63, 3.8) is 0 Å². The number of hydrogen-bond acceptors (Lipinski definition) is 7. The maximum atomic E-state index is 11.8. The average Bonchev–Trinajstić information content (AvgIpc) is 3.15. The van der Waals surface area contributed by atoms with E-state index in [0.717, 1.165) is 24.2 Å². The number of nitrogens with one attached hydrogen (secondary N) is 3. The van der Waals surface area contributed by atoms with Gasteiger partial charge in [-0.2, -0.15) is 0 Å². The van der Waals surface area contributed by atoms with Gasteiger partial charge in [-0.25, -0.2) is 4.98 Å². The smallest absolute Gasteiger partial charge is 0.249 e. The highest BCUT2D eigenvalue weighted by Crippen LogP contribution is 2.13. The highest BCUT2D eigenvalue weighted by Gasteiger charge is 2.22. The van der Waals surface area contributed by atoms with Crippen molar-refractivity contribution >= 4 is 23.4 Å². The molecule has 0 radical (unpaired) electrons. The number of amides is 1. The Morgan fingerprint density at radius 1 is 1.20 bits per heavy atom. The Hall–Kier alpha value is -2.74. The van der Waals surface area contributed by atoms with E-state index in [9.17, 15) is 4.79 Å². The van der Waals surface area contributed by atoms with Gasteiger partial charge < -0.3 is 20.7 Å². The number of aryl methyl sites for hydroxylation is 1. The molecule has 3 rings (SSSR count). The van der Waals surface area contributed by atoms with Crippen molar-refractivity contribution < 1.29 is 9.53 Å². The highest BCUT2D eigenvalue weighted by atomic mass is 16.5. The molecule has 2 aromatic rings. The zero-order valence-corrected chi connectivity index (χ0v) is 14.2. The van der Waals surface area contributed by atoms with E-state index in [4.69, 9.17) is 4.74 Å². The lowest BCUT2D eigenvalue weighted by Crippen LogP contribution is -2.36. The molecule has 0 bridgehead atoms. The van der Waals surface area contributed by atoms with E-state index < -0.39 is 0 Å². The van der Waals surface area contributed by atoms with Crippen LogP contribution in [-0.4, -0.2) is 46.9 Å². The number of nitrogens with zero attached hydrogens (tertiary/aromatic N) is 3. The molecule has 0 unspecified atom stereocenters. The van der Waals surface area contributed by atoms with Crippen molar-refractivity contribution in [2.75, 3.05) is 30.3 Å². The van der Waals surface area contributed by atoms with Crippen LogP contribution in [0, 0.1) is 6.92 Å². The monoisotopic (exact) mass is 342 g/mol. The first-order chi connectivity index (χ1) is 12.2. The van der Waals surface area contributed by atoms with E-state index in [-0.39, 0.29) is 12.0 Å². The standard InChI is InChI=1S/C17H22N6O2/c1-12-6-7-18-16(11-12)21-15-5-4-14(22-23-15)19-8-9-20-17(24)13-3-2-10-25-13/h4-7,11,13H,2-3,8-10H2,1H3,(H,19,22)(H,20,24)(H,18,21,23)/t13-/m1/s1. The minimum atomic E-state index is -0.291. The van der Waals surface area contributed by atoms with Gasteiger partial charge in [0.05, 0.1) is 0 Å². The molecule has 1 atom stereocenters. The Balaban J connectivity index is 1.41. The van der Waals surface area contributed by atoms with Gasteiger partial charge in [-0.1, -0.05) is 0 Å². The van der Waals surface area contributed by atoms with Crippen LogP contribution in [0.25, 0.3) is 0 Å². The van der Waals surface area contributed by atoms with Crippen LogP contribution in [0.2, 0.25) is 0 Å². The minimum Gasteiger partial charge on any atom is -0.368 e. The summed E-state index contributed by atoms with van der Waals surface area (Å²) in [7, 11) is 0. The molecule has 0 aromatic carbocycles. The SMILES string of the molecule is Cc1ccnc(Nc2ccc(NCCNC(=O)[C@H]3CCCO3)nn2)c1. The molecule has 1 aliphatic rings. The number of ether oxygens (including phenoxy) is 1. The summed E-state index contributed by atoms with van der Waals surface area (Å²) in [5.41, 5.74) is 1.12. The topological polar surface area (TPSA) is 101 Å². The van der Waals surface area contributed by atoms with E-state index in [2.05, 4.69) is 31.1 Å². The van der Waals surface area contributed by atoms with Crippen LogP contribution in [0.1, 0.15) is 18.4 Å². The molecule has 1 saturated heterocycles. The van der Waals surface area contributed by atoms with Crippen molar-refractivity contribution in [1.82, 2.24) is 20.5 Å². The number of anilines is 3. The third-order valence-electron chi connectivity index (χ3n) is 3.79. The fourth-order valence-electron chi connectivity index (χ4n) is 2.50. The average molecular weight is 342 g/mol. The van der Waals surface area contributed by atoms with E-state index in [0.29, 0.717) is 31.3 Å². The first-order valence-corrected chi connectivity index (χ1v) is 8.37. The minimum absolute atomic E-state index is 0.0458. The van der Waals surface area contributed by atoms with Crippen LogP contribution in [0.15, 0.2) is 30.5 Å². The molecule has 3 N–H and O–H groups in total. The van der Waals surface area contributed by atoms with Gasteiger partial charge in [0.2, 0.25) is 5.91 Å². The molecule has 0 spiro atoms. The number of rotatable bonds is 7. The van der Waals surface area contributed by atoms with Crippen molar-refractivity contribution in [2.24, 2.45) is 0 Å². The predicted molar refractivity (Wildman–Crippen MR) is 94.8 cm³/mol. The molecular weight excluding hydrogens is 320 g/mol. The highest BCUT2D eigenvalue weighted by molar-refractivity contribution is 5.80. The predicted octanol–water partition coefficient (Wildman–Crippen LogP) is 1.63. The lowest BCUT2D eigenvalue weighted by Gasteiger charge is -2.11. The van der Waals surface area contributed by atoms with Crippen molar-refractivity contribution in [3.8, 4) is 0 Å². The molecule has 1 aliphatic heterocycles. The first-order valence-electron chi connectivity index (χ1n) is 8.37. The number of aromatic nitrogens is 3. The molecule has 0 saturated carbocycles. The summed E-state index contributed by atoms with van der Waals surface area (Å²) in [6.07, 6.45) is 3.20. The van der Waals surface area contributed by atoms with Gasteiger partial charge in [-0.05, 0) is 49.6 Å². The molecule has 1 fully saturated rings. The number of pyridine rings is 1. The van der Waals surface area contributed by atoms with Crippen LogP contribution in [0.4, 0.5) is 17.5 Å². The molecule has 0 aliphatic carbocycles. The molecule has 2 aromatic heterocycles. The van der Waals surface area contributed by atoms with Crippen molar-refractivity contribution in [3.05, 3.63) is 36.0 Å². The molecular formula is C17H22N6O2. The van der Waals surface area contributed by atoms with Crippen LogP contribution in [0.5, 0.6) is 0 Å². The third kappa shape index (κ3) is 5.12. The van der Waals surface area contributed by atoms with Gasteiger partial charge >= 0.3 is 0 Å². The van der Waals surface area contributed by atoms with Gasteiger partial charge in [0.25, 0.3) is 0 Å². The van der Waals surface area contributed by atoms with Gasteiger partial charge in [0.1, 0.15) is 17.7 Å². The summed E-state index contributed by atoms with van der Waals surface area (Å²) in [6.45, 7) is 3.75. The third-order valence-corrected chi connectivity index (χ3v) is 3.79. The quantitative estimate of drug-likeness (QED) is 0.657. The molecule has 1 amide bonds. The lowest BCUT2D eigenvalue weighted by atomic mass is 10.2. The zero-order chi connectivity index (χ0) is 17.5. The van der Waals surface area contributed by atoms with E-state index in [1.54, 1.807) is 6.20 Å². The number of hydrogen-bond donors (Lipinski definition) is 3. The van der Waals surface area contributed by atoms with Crippen LogP contribution >= 0.6 is 0 Å². The van der Waals surface area contributed by atoms with E-state index >= 15 is 0 Å². The number of carbonyl (C=O) groups is 1. The second-order valence-corrected chi connectivity index (χ2v) is 5.87. The fourth-order valence-corrected chi connectivity index (χ4v) is 2.50. The van der Waals surface area contributed by atoms with Crippen LogP contribution in [-0.2, 0) is 9.53 Å². The van der Waals surface area contributed by atoms with E-state index in [1.807, 2.05) is 31.2 Å². The first kappa shape index (κ1) is 17.1. The van der Waals surface area contributed by atoms with Gasteiger partial charge in [-0.3, -0.25) is 4.79 Å². The molecule has 132 valence electrons. The van der Waals surface area contributed by atoms with Crippen molar-refractivity contribution in [1.29, 1.82) is 0 Å². The summed E-state index contributed by atoms with van der Waals surface area (Å²) < 4.78 is 5.33. The molecule has 8 nitrogen and oxygen atoms in total. The van der Waals surface area contributed by atoms with Gasteiger partial charge in [0.15, 0.2) is 5.82 Å². The second-order valence-electron chi connectivity index (χ2n) is 5.87. The lowest BCUT2D eigenvalue weighted by molar-refractivity contribution is -0.129. The Kier molecular flexibility index (Phi) is 5.73. The number of carbonyl (C=O) groups excluding carboxylic acids is 1. The normalized spacial score (nSPS) is 16.4. The molecule has 25 heavy (non-hydrogen) atoms. The van der Waals surface area contributed by atoms with E-state index in [1.165, 1.54) is 0 Å². The Morgan fingerprint density at radius 3 is 2.76 bits per heavy atom. The largest absolute Gasteiger partial charge is 0.368 e. The molecule has 8 heteroatoms. The second kappa shape index (κ2) is 8.39.